The zero-order valence-electron chi connectivity index (χ0n) is 13.8. The number of carboxylic acid groups (broad SMARTS) is 1. The van der Waals surface area contributed by atoms with E-state index in [-0.39, 0.29) is 30.0 Å². The molecule has 0 spiro atoms. The van der Waals surface area contributed by atoms with Gasteiger partial charge in [-0.1, -0.05) is 18.7 Å². The van der Waals surface area contributed by atoms with E-state index in [1.165, 1.54) is 16.7 Å². The van der Waals surface area contributed by atoms with Crippen molar-refractivity contribution in [3.05, 3.63) is 10.6 Å². The molecule has 1 saturated heterocycles. The van der Waals surface area contributed by atoms with Crippen molar-refractivity contribution in [2.75, 3.05) is 12.5 Å². The molecular formula is C15H24N2O5S. The highest BCUT2D eigenvalue weighted by molar-refractivity contribution is 8.03. The van der Waals surface area contributed by atoms with Crippen LogP contribution >= 0.6 is 11.8 Å². The number of rotatable bonds is 7. The number of thioether (sulfide) groups is 1. The van der Waals surface area contributed by atoms with Crippen LogP contribution in [0.1, 0.15) is 34.1 Å². The smallest absolute Gasteiger partial charge is 0.353 e. The summed E-state index contributed by atoms with van der Waals surface area (Å²) in [6.45, 7) is 7.45. The average molecular weight is 344 g/mol. The van der Waals surface area contributed by atoms with E-state index in [1.54, 1.807) is 13.8 Å². The molecule has 130 valence electrons. The Bertz CT molecular complexity index is 560. The van der Waals surface area contributed by atoms with Gasteiger partial charge in [-0.3, -0.25) is 4.79 Å². The molecule has 0 bridgehead atoms. The van der Waals surface area contributed by atoms with Crippen molar-refractivity contribution in [3.63, 3.8) is 0 Å². The molecule has 2 rings (SSSR count). The third-order valence-corrected chi connectivity index (χ3v) is 5.96. The van der Waals surface area contributed by atoms with Crippen molar-refractivity contribution >= 4 is 23.6 Å². The van der Waals surface area contributed by atoms with Crippen molar-refractivity contribution in [1.82, 2.24) is 4.90 Å². The summed E-state index contributed by atoms with van der Waals surface area (Å²) in [6.07, 6.45) is -0.540. The molecule has 1 amide bonds. The van der Waals surface area contributed by atoms with Gasteiger partial charge in [0.1, 0.15) is 5.70 Å². The number of carbonyl (C=O) groups excluding carboxylic acids is 1. The molecule has 8 heteroatoms. The number of hydrogen-bond acceptors (Lipinski definition) is 6. The average Bonchev–Trinajstić information content (AvgIpc) is 2.66. The van der Waals surface area contributed by atoms with Crippen molar-refractivity contribution < 1.29 is 24.5 Å². The quantitative estimate of drug-likeness (QED) is 0.461. The van der Waals surface area contributed by atoms with Gasteiger partial charge in [-0.05, 0) is 20.8 Å². The molecule has 1 fully saturated rings. The number of carboxylic acids is 1. The molecule has 1 unspecified atom stereocenters. The van der Waals surface area contributed by atoms with Crippen molar-refractivity contribution in [3.8, 4) is 0 Å². The minimum atomic E-state index is -1.16. The number of carbonyl (C=O) groups is 2. The van der Waals surface area contributed by atoms with Gasteiger partial charge in [0.15, 0.2) is 0 Å². The van der Waals surface area contributed by atoms with Gasteiger partial charge < -0.3 is 25.6 Å². The lowest BCUT2D eigenvalue weighted by molar-refractivity contribution is -0.152. The Hall–Kier alpha value is -1.09. The number of fused-ring (bicyclic) bond motifs is 1. The van der Waals surface area contributed by atoms with Crippen LogP contribution in [0.3, 0.4) is 0 Å². The maximum atomic E-state index is 11.9. The molecule has 0 saturated carbocycles. The Morgan fingerprint density at radius 2 is 2.22 bits per heavy atom. The zero-order valence-corrected chi connectivity index (χ0v) is 14.6. The minimum Gasteiger partial charge on any atom is -0.477 e. The summed E-state index contributed by atoms with van der Waals surface area (Å²) >= 11 is 1.21. The molecule has 0 aromatic heterocycles. The summed E-state index contributed by atoms with van der Waals surface area (Å²) in [6, 6.07) is -0.314. The zero-order chi connectivity index (χ0) is 17.6. The van der Waals surface area contributed by atoms with Crippen LogP contribution in [0.15, 0.2) is 10.6 Å². The van der Waals surface area contributed by atoms with Crippen molar-refractivity contribution in [2.45, 2.75) is 51.9 Å². The second-order valence-electron chi connectivity index (χ2n) is 6.80. The van der Waals surface area contributed by atoms with E-state index >= 15 is 0 Å². The van der Waals surface area contributed by atoms with E-state index in [4.69, 9.17) is 10.5 Å². The lowest BCUT2D eigenvalue weighted by atomic mass is 9.74. The fourth-order valence-electron chi connectivity index (χ4n) is 2.89. The first-order chi connectivity index (χ1) is 10.6. The molecule has 0 aromatic rings. The van der Waals surface area contributed by atoms with E-state index in [0.29, 0.717) is 11.4 Å². The van der Waals surface area contributed by atoms with Gasteiger partial charge in [0.25, 0.3) is 0 Å². The Kier molecular flexibility index (Phi) is 4.83. The highest BCUT2D eigenvalue weighted by Gasteiger charge is 2.61. The number of aliphatic hydroxyl groups excluding tert-OH is 1. The standard InChI is InChI=1S/C15H24N2O5S/c1-8(18)15(4)9-5-10(19)17(9)11(13(20)21)12(15)23-7-22-14(2,3)6-16/h8-9,18H,5-7,16H2,1-4H3,(H,20,21)/t8?,9-,15-/m0/s1. The largest absolute Gasteiger partial charge is 0.477 e. The fraction of sp³-hybridized carbons (Fsp3) is 0.733. The third kappa shape index (κ3) is 2.88. The number of β-lactam (4-membered cyclic amide) rings is 1. The second-order valence-corrected chi connectivity index (χ2v) is 7.73. The molecule has 0 aromatic carbocycles. The van der Waals surface area contributed by atoms with Crippen molar-refractivity contribution in [2.24, 2.45) is 11.1 Å². The molecule has 3 atom stereocenters. The summed E-state index contributed by atoms with van der Waals surface area (Å²) in [5, 5.41) is 19.8. The summed E-state index contributed by atoms with van der Waals surface area (Å²) in [7, 11) is 0. The molecule has 2 heterocycles. The molecular weight excluding hydrogens is 320 g/mol. The van der Waals surface area contributed by atoms with Crippen LogP contribution in [-0.2, 0) is 14.3 Å². The highest BCUT2D eigenvalue weighted by Crippen LogP contribution is 2.56. The van der Waals surface area contributed by atoms with Crippen LogP contribution in [0.4, 0.5) is 0 Å². The van der Waals surface area contributed by atoms with E-state index < -0.39 is 23.1 Å². The summed E-state index contributed by atoms with van der Waals surface area (Å²) < 4.78 is 5.69. The third-order valence-electron chi connectivity index (χ3n) is 4.80. The Balaban J connectivity index is 2.31. The molecule has 0 aliphatic carbocycles. The second kappa shape index (κ2) is 6.08. The lowest BCUT2D eigenvalue weighted by Gasteiger charge is -2.45. The van der Waals surface area contributed by atoms with Crippen LogP contribution in [0, 0.1) is 5.41 Å². The molecule has 0 radical (unpaired) electrons. The predicted molar refractivity (Wildman–Crippen MR) is 86.4 cm³/mol. The number of aliphatic carboxylic acids is 1. The van der Waals surface area contributed by atoms with Gasteiger partial charge >= 0.3 is 5.97 Å². The van der Waals surface area contributed by atoms with Gasteiger partial charge in [0, 0.05) is 23.3 Å². The SMILES string of the molecule is CC(O)[C@]1(C)C(SCOC(C)(C)CN)=C(C(=O)O)N2C(=O)C[C@H]21. The summed E-state index contributed by atoms with van der Waals surface area (Å²) in [5.74, 6) is -1.18. The first-order valence-corrected chi connectivity index (χ1v) is 8.49. The molecule has 2 aliphatic rings. The first-order valence-electron chi connectivity index (χ1n) is 7.51. The maximum Gasteiger partial charge on any atom is 0.353 e. The van der Waals surface area contributed by atoms with E-state index in [9.17, 15) is 19.8 Å². The highest BCUT2D eigenvalue weighted by atomic mass is 32.2. The minimum absolute atomic E-state index is 0.0335. The Morgan fingerprint density at radius 1 is 1.61 bits per heavy atom. The van der Waals surface area contributed by atoms with Crippen LogP contribution < -0.4 is 5.73 Å². The van der Waals surface area contributed by atoms with Crippen LogP contribution in [0.25, 0.3) is 0 Å². The predicted octanol–water partition coefficient (Wildman–Crippen LogP) is 0.729. The normalized spacial score (nSPS) is 28.7. The summed E-state index contributed by atoms with van der Waals surface area (Å²) in [4.78, 5) is 25.3. The molecule has 7 nitrogen and oxygen atoms in total. The first kappa shape index (κ1) is 18.3. The number of aliphatic hydroxyl groups is 1. The van der Waals surface area contributed by atoms with Crippen LogP contribution in [0.2, 0.25) is 0 Å². The van der Waals surface area contributed by atoms with Crippen LogP contribution in [-0.4, -0.2) is 57.2 Å². The topological polar surface area (TPSA) is 113 Å². The van der Waals surface area contributed by atoms with E-state index in [0.717, 1.165) is 0 Å². The fourth-order valence-corrected chi connectivity index (χ4v) is 4.33. The Morgan fingerprint density at radius 3 is 2.65 bits per heavy atom. The van der Waals surface area contributed by atoms with Gasteiger partial charge in [-0.2, -0.15) is 0 Å². The molecule has 2 aliphatic heterocycles. The van der Waals surface area contributed by atoms with Gasteiger partial charge in [0.2, 0.25) is 5.91 Å². The van der Waals surface area contributed by atoms with E-state index in [2.05, 4.69) is 0 Å². The number of ether oxygens (including phenoxy) is 1. The summed E-state index contributed by atoms with van der Waals surface area (Å²) in [5.41, 5.74) is 4.26. The number of hydrogen-bond donors (Lipinski definition) is 3. The molecule has 23 heavy (non-hydrogen) atoms. The Labute approximate surface area is 139 Å². The maximum absolute atomic E-state index is 11.9. The monoisotopic (exact) mass is 344 g/mol. The number of amides is 1. The van der Waals surface area contributed by atoms with Crippen molar-refractivity contribution in [1.29, 1.82) is 0 Å². The van der Waals surface area contributed by atoms with Gasteiger partial charge in [-0.15, -0.1) is 0 Å². The van der Waals surface area contributed by atoms with E-state index in [1.807, 2.05) is 13.8 Å². The lowest BCUT2D eigenvalue weighted by Crippen LogP contribution is -2.57. The molecule has 4 N–H and O–H groups in total. The number of nitrogens with zero attached hydrogens (tertiary/aromatic N) is 1. The number of nitrogens with two attached hydrogens (primary N) is 1. The van der Waals surface area contributed by atoms with Crippen LogP contribution in [0.5, 0.6) is 0 Å². The van der Waals surface area contributed by atoms with Gasteiger partial charge in [0.05, 0.1) is 23.7 Å². The van der Waals surface area contributed by atoms with Gasteiger partial charge in [-0.25, -0.2) is 4.79 Å².